The van der Waals surface area contributed by atoms with Gasteiger partial charge in [-0.2, -0.15) is 5.26 Å². The quantitative estimate of drug-likeness (QED) is 0.709. The molecule has 0 aliphatic heterocycles. The molecule has 0 saturated carbocycles. The summed E-state index contributed by atoms with van der Waals surface area (Å²) < 4.78 is 39.1. The van der Waals surface area contributed by atoms with Crippen molar-refractivity contribution in [3.63, 3.8) is 0 Å². The van der Waals surface area contributed by atoms with E-state index >= 15 is 0 Å². The highest BCUT2D eigenvalue weighted by atomic mass is 19.4. The molecule has 1 rings (SSSR count). The van der Waals surface area contributed by atoms with Gasteiger partial charge in [-0.25, -0.2) is 0 Å². The largest absolute Gasteiger partial charge is 0.573 e. The van der Waals surface area contributed by atoms with Crippen molar-refractivity contribution in [2.24, 2.45) is 0 Å². The predicted molar refractivity (Wildman–Crippen MR) is 42.3 cm³/mol. The Balaban J connectivity index is 3.10. The number of anilines is 1. The first-order valence-electron chi connectivity index (χ1n) is 3.48. The molecule has 0 heterocycles. The molecule has 0 aliphatic rings. The van der Waals surface area contributed by atoms with E-state index in [1.54, 1.807) is 0 Å². The van der Waals surface area contributed by atoms with Crippen molar-refractivity contribution < 1.29 is 17.9 Å². The van der Waals surface area contributed by atoms with Gasteiger partial charge >= 0.3 is 6.36 Å². The molecule has 1 aromatic carbocycles. The van der Waals surface area contributed by atoms with Gasteiger partial charge in [0.2, 0.25) is 0 Å². The standard InChI is InChI=1S/C8H5F3N2O/c9-8(10,11)14-7-3-1-2-6(13)5(7)4-12/h1-3H,13H2. The van der Waals surface area contributed by atoms with Gasteiger partial charge in [-0.1, -0.05) is 6.07 Å². The number of alkyl halides is 3. The second kappa shape index (κ2) is 3.46. The Labute approximate surface area is 77.5 Å². The van der Waals surface area contributed by atoms with Gasteiger partial charge in [0.1, 0.15) is 17.4 Å². The Bertz CT molecular complexity index is 381. The van der Waals surface area contributed by atoms with Crippen LogP contribution in [-0.4, -0.2) is 6.36 Å². The molecule has 2 N–H and O–H groups in total. The molecule has 0 spiro atoms. The first-order valence-corrected chi connectivity index (χ1v) is 3.48. The zero-order valence-electron chi connectivity index (χ0n) is 6.80. The molecule has 1 aromatic rings. The molecule has 3 nitrogen and oxygen atoms in total. The Kier molecular flexibility index (Phi) is 2.51. The van der Waals surface area contributed by atoms with Gasteiger partial charge in [-0.3, -0.25) is 0 Å². The van der Waals surface area contributed by atoms with Gasteiger partial charge in [0.05, 0.1) is 5.69 Å². The molecule has 0 aromatic heterocycles. The second-order valence-electron chi connectivity index (χ2n) is 2.38. The summed E-state index contributed by atoms with van der Waals surface area (Å²) in [5.41, 5.74) is 4.92. The Morgan fingerprint density at radius 1 is 1.36 bits per heavy atom. The first kappa shape index (κ1) is 10.2. The molecule has 74 valence electrons. The van der Waals surface area contributed by atoms with Crippen LogP contribution in [0, 0.1) is 11.3 Å². The Morgan fingerprint density at radius 3 is 2.50 bits per heavy atom. The summed E-state index contributed by atoms with van der Waals surface area (Å²) in [6.07, 6.45) is -4.82. The highest BCUT2D eigenvalue weighted by molar-refractivity contribution is 5.60. The number of halogens is 3. The zero-order valence-corrected chi connectivity index (χ0v) is 6.80. The Hall–Kier alpha value is -1.90. The number of nitrogens with zero attached hydrogens (tertiary/aromatic N) is 1. The average Bonchev–Trinajstić information content (AvgIpc) is 2.01. The topological polar surface area (TPSA) is 59.0 Å². The molecule has 0 amide bonds. The maximum absolute atomic E-state index is 11.8. The third-order valence-electron chi connectivity index (χ3n) is 1.40. The van der Waals surface area contributed by atoms with E-state index in [1.165, 1.54) is 18.2 Å². The number of hydrogen-bond acceptors (Lipinski definition) is 3. The molecule has 0 saturated heterocycles. The molecule has 0 atom stereocenters. The molecule has 0 fully saturated rings. The second-order valence-corrected chi connectivity index (χ2v) is 2.38. The van der Waals surface area contributed by atoms with Gasteiger partial charge in [-0.15, -0.1) is 13.2 Å². The summed E-state index contributed by atoms with van der Waals surface area (Å²) in [5, 5.41) is 8.52. The summed E-state index contributed by atoms with van der Waals surface area (Å²) in [6.45, 7) is 0. The van der Waals surface area contributed by atoms with E-state index in [0.717, 1.165) is 6.07 Å². The summed E-state index contributed by atoms with van der Waals surface area (Å²) >= 11 is 0. The fourth-order valence-corrected chi connectivity index (χ4v) is 0.877. The SMILES string of the molecule is N#Cc1c(N)cccc1OC(F)(F)F. The van der Waals surface area contributed by atoms with Crippen LogP contribution >= 0.6 is 0 Å². The van der Waals surface area contributed by atoms with Crippen LogP contribution in [0.1, 0.15) is 5.56 Å². The maximum Gasteiger partial charge on any atom is 0.573 e. The van der Waals surface area contributed by atoms with Gasteiger partial charge in [0.25, 0.3) is 0 Å². The van der Waals surface area contributed by atoms with E-state index in [4.69, 9.17) is 11.0 Å². The van der Waals surface area contributed by atoms with E-state index in [9.17, 15) is 13.2 Å². The van der Waals surface area contributed by atoms with Crippen LogP contribution in [0.3, 0.4) is 0 Å². The highest BCUT2D eigenvalue weighted by Gasteiger charge is 2.32. The van der Waals surface area contributed by atoms with E-state index in [2.05, 4.69) is 4.74 Å². The number of hydrogen-bond donors (Lipinski definition) is 1. The van der Waals surface area contributed by atoms with Crippen molar-refractivity contribution in [1.82, 2.24) is 0 Å². The van der Waals surface area contributed by atoms with Crippen LogP contribution in [-0.2, 0) is 0 Å². The smallest absolute Gasteiger partial charge is 0.404 e. The number of ether oxygens (including phenoxy) is 1. The van der Waals surface area contributed by atoms with Gasteiger partial charge in [0.15, 0.2) is 0 Å². The normalized spacial score (nSPS) is 10.7. The summed E-state index contributed by atoms with van der Waals surface area (Å²) in [7, 11) is 0. The van der Waals surface area contributed by atoms with Gasteiger partial charge in [0, 0.05) is 0 Å². The average molecular weight is 202 g/mol. The third-order valence-corrected chi connectivity index (χ3v) is 1.40. The zero-order chi connectivity index (χ0) is 10.8. The molecular formula is C8H5F3N2O. The fraction of sp³-hybridized carbons (Fsp3) is 0.125. The van der Waals surface area contributed by atoms with Crippen LogP contribution in [0.25, 0.3) is 0 Å². The minimum absolute atomic E-state index is 0.0470. The lowest BCUT2D eigenvalue weighted by Gasteiger charge is -2.10. The van der Waals surface area contributed by atoms with Crippen molar-refractivity contribution >= 4 is 5.69 Å². The van der Waals surface area contributed by atoms with Gasteiger partial charge < -0.3 is 10.5 Å². The number of nitrogens with two attached hydrogens (primary N) is 1. The minimum Gasteiger partial charge on any atom is -0.404 e. The van der Waals surface area contributed by atoms with E-state index in [1.807, 2.05) is 0 Å². The van der Waals surface area contributed by atoms with Crippen molar-refractivity contribution in [3.05, 3.63) is 23.8 Å². The van der Waals surface area contributed by atoms with E-state index in [0.29, 0.717) is 0 Å². The lowest BCUT2D eigenvalue weighted by atomic mass is 10.2. The van der Waals surface area contributed by atoms with Crippen LogP contribution < -0.4 is 10.5 Å². The van der Waals surface area contributed by atoms with Crippen molar-refractivity contribution in [2.45, 2.75) is 6.36 Å². The van der Waals surface area contributed by atoms with Crippen molar-refractivity contribution in [3.8, 4) is 11.8 Å². The molecular weight excluding hydrogens is 197 g/mol. The lowest BCUT2D eigenvalue weighted by molar-refractivity contribution is -0.274. The van der Waals surface area contributed by atoms with E-state index in [-0.39, 0.29) is 11.3 Å². The molecule has 0 unspecified atom stereocenters. The number of rotatable bonds is 1. The van der Waals surface area contributed by atoms with Crippen LogP contribution in [0.5, 0.6) is 5.75 Å². The van der Waals surface area contributed by atoms with Crippen LogP contribution in [0.2, 0.25) is 0 Å². The monoisotopic (exact) mass is 202 g/mol. The van der Waals surface area contributed by atoms with Crippen LogP contribution in [0.15, 0.2) is 18.2 Å². The molecule has 14 heavy (non-hydrogen) atoms. The molecule has 0 radical (unpaired) electrons. The first-order chi connectivity index (χ1) is 6.44. The highest BCUT2D eigenvalue weighted by Crippen LogP contribution is 2.28. The fourth-order valence-electron chi connectivity index (χ4n) is 0.877. The number of benzene rings is 1. The molecule has 6 heteroatoms. The molecule has 0 aliphatic carbocycles. The third kappa shape index (κ3) is 2.29. The number of nitrogen functional groups attached to an aromatic ring is 1. The van der Waals surface area contributed by atoms with E-state index < -0.39 is 12.1 Å². The summed E-state index contributed by atoms with van der Waals surface area (Å²) in [5.74, 6) is -0.583. The Morgan fingerprint density at radius 2 is 2.00 bits per heavy atom. The van der Waals surface area contributed by atoms with Crippen molar-refractivity contribution in [2.75, 3.05) is 5.73 Å². The van der Waals surface area contributed by atoms with Crippen LogP contribution in [0.4, 0.5) is 18.9 Å². The van der Waals surface area contributed by atoms with Gasteiger partial charge in [-0.05, 0) is 12.1 Å². The predicted octanol–water partition coefficient (Wildman–Crippen LogP) is 2.04. The maximum atomic E-state index is 11.8. The lowest BCUT2D eigenvalue weighted by Crippen LogP contribution is -2.18. The summed E-state index contributed by atoms with van der Waals surface area (Å²) in [6, 6.07) is 5.16. The van der Waals surface area contributed by atoms with Crippen molar-refractivity contribution in [1.29, 1.82) is 5.26 Å². The molecule has 0 bridgehead atoms. The number of nitriles is 1. The minimum atomic E-state index is -4.82. The summed E-state index contributed by atoms with van der Waals surface area (Å²) in [4.78, 5) is 0.